The average Bonchev–Trinajstić information content (AvgIpc) is 3.27. The number of carbonyl (C=O) groups is 1. The van der Waals surface area contributed by atoms with Crippen LogP contribution in [0.25, 0.3) is 0 Å². The Morgan fingerprint density at radius 2 is 1.47 bits per heavy atom. The second kappa shape index (κ2) is 7.95. The molecule has 194 valence electrons. The van der Waals surface area contributed by atoms with Crippen LogP contribution in [0.5, 0.6) is 0 Å². The van der Waals surface area contributed by atoms with Gasteiger partial charge in [0.25, 0.3) is 11.4 Å². The smallest absolute Gasteiger partial charge is 0.269 e. The zero-order valence-electron chi connectivity index (χ0n) is 21.8. The van der Waals surface area contributed by atoms with E-state index in [1.54, 1.807) is 26.0 Å². The molecule has 2 heterocycles. The van der Waals surface area contributed by atoms with Gasteiger partial charge in [-0.1, -0.05) is 27.7 Å². The number of benzene rings is 2. The second-order valence-electron chi connectivity index (χ2n) is 10.8. The number of hydrogen-bond acceptors (Lipinski definition) is 8. The average molecular weight is 515 g/mol. The monoisotopic (exact) mass is 514 g/mol. The number of ketones is 1. The number of nitro groups is 2. The summed E-state index contributed by atoms with van der Waals surface area (Å²) in [6, 6.07) is 9.08. The minimum atomic E-state index is -0.715. The molecule has 38 heavy (non-hydrogen) atoms. The van der Waals surface area contributed by atoms with Crippen molar-refractivity contribution in [2.24, 2.45) is 4.99 Å². The molecule has 0 fully saturated rings. The van der Waals surface area contributed by atoms with Gasteiger partial charge in [0.2, 0.25) is 5.78 Å². The topological polar surface area (TPSA) is 148 Å². The van der Waals surface area contributed by atoms with E-state index in [0.29, 0.717) is 39.5 Å². The predicted molar refractivity (Wildman–Crippen MR) is 143 cm³/mol. The largest absolute Gasteiger partial charge is 0.506 e. The van der Waals surface area contributed by atoms with Gasteiger partial charge in [0.15, 0.2) is 0 Å². The number of aliphatic hydroxyl groups excluding tert-OH is 1. The normalized spacial score (nSPS) is 21.2. The Hall–Kier alpha value is -4.60. The number of allylic oxidation sites excluding steroid dienone is 5. The number of fused-ring (bicyclic) bond motifs is 2. The summed E-state index contributed by atoms with van der Waals surface area (Å²) >= 11 is 0. The molecule has 2 aromatic rings. The van der Waals surface area contributed by atoms with Crippen molar-refractivity contribution >= 4 is 34.2 Å². The van der Waals surface area contributed by atoms with Crippen molar-refractivity contribution in [3.05, 3.63) is 102 Å². The molecule has 0 atom stereocenters. The number of Topliss-reactive ketones (excluding diaryl/α,β-unsaturated/α-hetero) is 1. The number of nitrogens with one attached hydrogen (secondary N) is 1. The third-order valence-electron chi connectivity index (χ3n) is 7.87. The van der Waals surface area contributed by atoms with E-state index in [4.69, 9.17) is 0 Å². The fraction of sp³-hybridized carbons (Fsp3) is 0.286. The van der Waals surface area contributed by atoms with Crippen LogP contribution in [0.3, 0.4) is 0 Å². The first kappa shape index (κ1) is 25.1. The van der Waals surface area contributed by atoms with Crippen molar-refractivity contribution in [1.82, 2.24) is 0 Å². The Morgan fingerprint density at radius 1 is 0.895 bits per heavy atom. The molecule has 3 aliphatic rings. The SMILES string of the molecule is C/C(C1=Nc2ccc([N+](=O)[O-])cc2C1(C)C)=C1/C(=O)C(C(/C)=C2/Nc3ccc([N+](=O)[O-])cc3C2(C)C)=C1O. The van der Waals surface area contributed by atoms with Crippen LogP contribution in [-0.2, 0) is 15.6 Å². The van der Waals surface area contributed by atoms with Crippen molar-refractivity contribution in [3.63, 3.8) is 0 Å². The maximum Gasteiger partial charge on any atom is 0.269 e. The summed E-state index contributed by atoms with van der Waals surface area (Å²) in [7, 11) is 0. The lowest BCUT2D eigenvalue weighted by atomic mass is 9.73. The lowest BCUT2D eigenvalue weighted by molar-refractivity contribution is -0.385. The van der Waals surface area contributed by atoms with E-state index >= 15 is 0 Å². The molecule has 10 heteroatoms. The summed E-state index contributed by atoms with van der Waals surface area (Å²) in [5.74, 6) is -0.470. The van der Waals surface area contributed by atoms with Crippen LogP contribution in [0.15, 0.2) is 75.1 Å². The quantitative estimate of drug-likeness (QED) is 0.278. The van der Waals surface area contributed by atoms with E-state index in [-0.39, 0.29) is 34.1 Å². The van der Waals surface area contributed by atoms with Gasteiger partial charge in [0, 0.05) is 46.5 Å². The first-order valence-corrected chi connectivity index (χ1v) is 12.0. The van der Waals surface area contributed by atoms with E-state index in [9.17, 15) is 30.1 Å². The van der Waals surface area contributed by atoms with Crippen molar-refractivity contribution in [2.75, 3.05) is 5.32 Å². The molecule has 10 nitrogen and oxygen atoms in total. The lowest BCUT2D eigenvalue weighted by Gasteiger charge is -2.30. The number of rotatable bonds is 4. The number of aliphatic imine (C=N–C) groups is 1. The van der Waals surface area contributed by atoms with Gasteiger partial charge in [-0.25, -0.2) is 0 Å². The van der Waals surface area contributed by atoms with Crippen LogP contribution in [0.1, 0.15) is 52.7 Å². The van der Waals surface area contributed by atoms with Crippen molar-refractivity contribution < 1.29 is 19.7 Å². The van der Waals surface area contributed by atoms with Crippen LogP contribution in [-0.4, -0.2) is 26.4 Å². The number of carbonyl (C=O) groups excluding carboxylic acids is 1. The van der Waals surface area contributed by atoms with Gasteiger partial charge in [-0.3, -0.25) is 30.0 Å². The van der Waals surface area contributed by atoms with Gasteiger partial charge >= 0.3 is 0 Å². The summed E-state index contributed by atoms with van der Waals surface area (Å²) in [5, 5.41) is 37.0. The molecule has 5 rings (SSSR count). The fourth-order valence-corrected chi connectivity index (χ4v) is 5.78. The van der Waals surface area contributed by atoms with E-state index in [0.717, 1.165) is 5.56 Å². The molecular weight excluding hydrogens is 488 g/mol. The number of non-ortho nitro benzene ring substituents is 2. The molecule has 0 saturated carbocycles. The molecule has 2 aromatic carbocycles. The van der Waals surface area contributed by atoms with Gasteiger partial charge in [0.1, 0.15) is 5.76 Å². The van der Waals surface area contributed by atoms with Crippen LogP contribution in [0.2, 0.25) is 0 Å². The highest BCUT2D eigenvalue weighted by Crippen LogP contribution is 2.50. The Kier molecular flexibility index (Phi) is 5.24. The number of hydrogen-bond donors (Lipinski definition) is 2. The minimum absolute atomic E-state index is 0.0218. The molecule has 2 N–H and O–H groups in total. The van der Waals surface area contributed by atoms with Crippen LogP contribution in [0, 0.1) is 20.2 Å². The molecule has 0 bridgehead atoms. The molecule has 1 aliphatic carbocycles. The third kappa shape index (κ3) is 3.33. The molecule has 0 spiro atoms. The maximum atomic E-state index is 13.5. The third-order valence-corrected chi connectivity index (χ3v) is 7.87. The molecule has 0 aromatic heterocycles. The number of anilines is 1. The standard InChI is InChI=1S/C28H26N4O6/c1-13(25-27(3,4)17-11-15(31(35)36)7-9-19(17)29-25)21-23(33)22(24(21)34)14(2)26-28(5,6)18-12-16(32(37)38)8-10-20(18)30-26/h7-12,29,33H,1-6H3/b22-14-,25-13+. The van der Waals surface area contributed by atoms with Crippen LogP contribution in [0.4, 0.5) is 22.7 Å². The first-order valence-electron chi connectivity index (χ1n) is 12.0. The Morgan fingerprint density at radius 3 is 2.05 bits per heavy atom. The minimum Gasteiger partial charge on any atom is -0.506 e. The maximum absolute atomic E-state index is 13.5. The van der Waals surface area contributed by atoms with Crippen molar-refractivity contribution in [3.8, 4) is 0 Å². The lowest BCUT2D eigenvalue weighted by Crippen LogP contribution is -2.32. The highest BCUT2D eigenvalue weighted by molar-refractivity contribution is 6.27. The molecule has 0 amide bonds. The van der Waals surface area contributed by atoms with E-state index in [1.165, 1.54) is 24.3 Å². The highest BCUT2D eigenvalue weighted by Gasteiger charge is 2.45. The number of nitrogens with zero attached hydrogens (tertiary/aromatic N) is 3. The Balaban J connectivity index is 1.55. The number of aliphatic hydroxyl groups is 1. The van der Waals surface area contributed by atoms with Crippen molar-refractivity contribution in [1.29, 1.82) is 0 Å². The van der Waals surface area contributed by atoms with Gasteiger partial charge in [-0.05, 0) is 48.3 Å². The summed E-state index contributed by atoms with van der Waals surface area (Å²) in [4.78, 5) is 39.8. The first-order chi connectivity index (χ1) is 17.7. The zero-order valence-corrected chi connectivity index (χ0v) is 21.8. The summed E-state index contributed by atoms with van der Waals surface area (Å²) in [5.41, 5.74) is 3.92. The highest BCUT2D eigenvalue weighted by atomic mass is 16.6. The van der Waals surface area contributed by atoms with E-state index in [2.05, 4.69) is 10.3 Å². The van der Waals surface area contributed by atoms with Crippen LogP contribution >= 0.6 is 0 Å². The summed E-state index contributed by atoms with van der Waals surface area (Å²) < 4.78 is 0. The van der Waals surface area contributed by atoms with Gasteiger partial charge in [-0.2, -0.15) is 0 Å². The Bertz CT molecular complexity index is 1640. The van der Waals surface area contributed by atoms with Gasteiger partial charge in [-0.15, -0.1) is 0 Å². The van der Waals surface area contributed by atoms with E-state index in [1.807, 2.05) is 27.7 Å². The second-order valence-corrected chi connectivity index (χ2v) is 10.8. The molecule has 2 aliphatic heterocycles. The molecular formula is C28H26N4O6. The molecule has 0 radical (unpaired) electrons. The van der Waals surface area contributed by atoms with Gasteiger partial charge in [0.05, 0.1) is 32.4 Å². The molecule has 0 saturated heterocycles. The summed E-state index contributed by atoms with van der Waals surface area (Å²) in [6.45, 7) is 11.0. The zero-order chi connectivity index (χ0) is 27.9. The van der Waals surface area contributed by atoms with E-state index < -0.39 is 20.7 Å². The van der Waals surface area contributed by atoms with Crippen LogP contribution < -0.4 is 5.32 Å². The summed E-state index contributed by atoms with van der Waals surface area (Å²) in [6.07, 6.45) is 0. The predicted octanol–water partition coefficient (Wildman–Crippen LogP) is 6.26. The number of nitro benzene ring substituents is 2. The molecule has 0 unspecified atom stereocenters. The fourth-order valence-electron chi connectivity index (χ4n) is 5.78. The Labute approximate surface area is 218 Å². The van der Waals surface area contributed by atoms with Gasteiger partial charge < -0.3 is 10.4 Å². The van der Waals surface area contributed by atoms with Crippen molar-refractivity contribution in [2.45, 2.75) is 52.4 Å².